The number of benzene rings is 1. The molecule has 0 saturated heterocycles. The third kappa shape index (κ3) is 2.61. The summed E-state index contributed by atoms with van der Waals surface area (Å²) in [5, 5.41) is 9.63. The average Bonchev–Trinajstić information content (AvgIpc) is 2.65. The van der Waals surface area contributed by atoms with E-state index in [1.54, 1.807) is 13.8 Å². The predicted molar refractivity (Wildman–Crippen MR) is 73.8 cm³/mol. The van der Waals surface area contributed by atoms with E-state index in [0.717, 1.165) is 22.2 Å². The molecule has 0 bridgehead atoms. The lowest BCUT2D eigenvalue weighted by atomic mass is 9.86. The highest BCUT2D eigenvalue weighted by Gasteiger charge is 2.26. The van der Waals surface area contributed by atoms with Crippen molar-refractivity contribution in [3.8, 4) is 0 Å². The van der Waals surface area contributed by atoms with Crippen LogP contribution in [0.3, 0.4) is 0 Å². The van der Waals surface area contributed by atoms with E-state index in [1.165, 1.54) is 11.3 Å². The number of nitrogens with zero attached hydrogens (tertiary/aromatic N) is 1. The number of aromatic nitrogens is 1. The van der Waals surface area contributed by atoms with Crippen LogP contribution in [0, 0.1) is 5.41 Å². The maximum atomic E-state index is 11.0. The van der Waals surface area contributed by atoms with E-state index < -0.39 is 11.4 Å². The summed E-state index contributed by atoms with van der Waals surface area (Å²) in [5.74, 6) is -0.759. The number of carbonyl (C=O) groups is 1. The first-order chi connectivity index (χ1) is 8.38. The lowest BCUT2D eigenvalue weighted by Crippen LogP contribution is -2.24. The summed E-state index contributed by atoms with van der Waals surface area (Å²) in [7, 11) is 0. The molecule has 0 aliphatic heterocycles. The number of nitrogens with two attached hydrogens (primary N) is 1. The molecule has 0 spiro atoms. The van der Waals surface area contributed by atoms with Crippen LogP contribution in [-0.2, 0) is 11.2 Å². The number of hydrogen-bond donors (Lipinski definition) is 2. The largest absolute Gasteiger partial charge is 0.481 e. The Bertz CT molecular complexity index is 590. The van der Waals surface area contributed by atoms with Gasteiger partial charge in [-0.05, 0) is 44.4 Å². The zero-order chi connectivity index (χ0) is 13.3. The molecule has 4 nitrogen and oxygen atoms in total. The van der Waals surface area contributed by atoms with Crippen molar-refractivity contribution in [3.63, 3.8) is 0 Å². The third-order valence-corrected chi connectivity index (χ3v) is 3.93. The highest BCUT2D eigenvalue weighted by molar-refractivity contribution is 7.22. The predicted octanol–water partition coefficient (Wildman–Crippen LogP) is 2.92. The van der Waals surface area contributed by atoms with Crippen LogP contribution in [0.5, 0.6) is 0 Å². The monoisotopic (exact) mass is 264 g/mol. The van der Waals surface area contributed by atoms with Gasteiger partial charge in [0, 0.05) is 0 Å². The second-order valence-electron chi connectivity index (χ2n) is 5.04. The number of aryl methyl sites for hydroxylation is 1. The molecule has 0 radical (unpaired) electrons. The fraction of sp³-hybridized carbons (Fsp3) is 0.385. The zero-order valence-corrected chi connectivity index (χ0v) is 11.3. The van der Waals surface area contributed by atoms with Crippen molar-refractivity contribution in [1.82, 2.24) is 4.98 Å². The summed E-state index contributed by atoms with van der Waals surface area (Å²) in [6, 6.07) is 5.96. The third-order valence-electron chi connectivity index (χ3n) is 3.09. The Kier molecular flexibility index (Phi) is 3.26. The van der Waals surface area contributed by atoms with Gasteiger partial charge in [-0.3, -0.25) is 4.79 Å². The van der Waals surface area contributed by atoms with E-state index in [-0.39, 0.29) is 0 Å². The van der Waals surface area contributed by atoms with Crippen molar-refractivity contribution in [2.45, 2.75) is 26.7 Å². The first-order valence-electron chi connectivity index (χ1n) is 5.77. The minimum atomic E-state index is -0.759. The Morgan fingerprint density at radius 3 is 2.89 bits per heavy atom. The molecule has 2 rings (SSSR count). The maximum absolute atomic E-state index is 11.0. The Labute approximate surface area is 109 Å². The standard InChI is InChI=1S/C13H16N2O2S/c1-13(2,11(16)17)6-5-8-3-4-9-10(7-8)18-12(14)15-9/h3-4,7H,5-6H2,1-2H3,(H2,14,15)(H,16,17). The molecule has 0 fully saturated rings. The summed E-state index contributed by atoms with van der Waals surface area (Å²) in [6.07, 6.45) is 1.36. The van der Waals surface area contributed by atoms with Crippen LogP contribution in [0.2, 0.25) is 0 Å². The number of rotatable bonds is 4. The smallest absolute Gasteiger partial charge is 0.309 e. The van der Waals surface area contributed by atoms with Gasteiger partial charge in [-0.2, -0.15) is 0 Å². The van der Waals surface area contributed by atoms with E-state index in [1.807, 2.05) is 18.2 Å². The van der Waals surface area contributed by atoms with Crippen LogP contribution in [0.1, 0.15) is 25.8 Å². The van der Waals surface area contributed by atoms with Crippen LogP contribution in [0.4, 0.5) is 5.13 Å². The molecular formula is C13H16N2O2S. The normalized spacial score (nSPS) is 11.9. The van der Waals surface area contributed by atoms with Crippen LogP contribution < -0.4 is 5.73 Å². The number of thiazole rings is 1. The summed E-state index contributed by atoms with van der Waals surface area (Å²) >= 11 is 1.46. The minimum absolute atomic E-state index is 0.563. The average molecular weight is 264 g/mol. The molecule has 0 amide bonds. The zero-order valence-electron chi connectivity index (χ0n) is 10.4. The maximum Gasteiger partial charge on any atom is 0.309 e. The minimum Gasteiger partial charge on any atom is -0.481 e. The van der Waals surface area contributed by atoms with Crippen molar-refractivity contribution in [2.75, 3.05) is 5.73 Å². The lowest BCUT2D eigenvalue weighted by Gasteiger charge is -2.18. The summed E-state index contributed by atoms with van der Waals surface area (Å²) in [6.45, 7) is 3.50. The summed E-state index contributed by atoms with van der Waals surface area (Å²) in [4.78, 5) is 15.2. The van der Waals surface area contributed by atoms with E-state index in [2.05, 4.69) is 4.98 Å². The Morgan fingerprint density at radius 2 is 2.22 bits per heavy atom. The fourth-order valence-corrected chi connectivity index (χ4v) is 2.50. The number of nitrogen functional groups attached to an aromatic ring is 1. The topological polar surface area (TPSA) is 76.2 Å². The van der Waals surface area contributed by atoms with Gasteiger partial charge in [-0.1, -0.05) is 17.4 Å². The number of aliphatic carboxylic acids is 1. The van der Waals surface area contributed by atoms with Gasteiger partial charge in [0.25, 0.3) is 0 Å². The molecule has 96 valence electrons. The molecule has 1 aromatic carbocycles. The summed E-state index contributed by atoms with van der Waals surface area (Å²) < 4.78 is 1.05. The first-order valence-corrected chi connectivity index (χ1v) is 6.58. The van der Waals surface area contributed by atoms with Crippen LogP contribution >= 0.6 is 11.3 Å². The molecule has 0 aliphatic rings. The Balaban J connectivity index is 2.15. The van der Waals surface area contributed by atoms with E-state index >= 15 is 0 Å². The van der Waals surface area contributed by atoms with Gasteiger partial charge in [0.15, 0.2) is 5.13 Å². The summed E-state index contributed by atoms with van der Waals surface area (Å²) in [5.41, 5.74) is 6.99. The SMILES string of the molecule is CC(C)(CCc1ccc2nc(N)sc2c1)C(=O)O. The highest BCUT2D eigenvalue weighted by Crippen LogP contribution is 2.27. The Hall–Kier alpha value is -1.62. The van der Waals surface area contributed by atoms with Crippen molar-refractivity contribution in [3.05, 3.63) is 23.8 Å². The fourth-order valence-electron chi connectivity index (χ4n) is 1.71. The molecular weight excluding hydrogens is 248 g/mol. The van der Waals surface area contributed by atoms with Crippen molar-refractivity contribution >= 4 is 32.7 Å². The van der Waals surface area contributed by atoms with Crippen LogP contribution in [-0.4, -0.2) is 16.1 Å². The molecule has 0 aliphatic carbocycles. The number of anilines is 1. The van der Waals surface area contributed by atoms with Gasteiger partial charge < -0.3 is 10.8 Å². The van der Waals surface area contributed by atoms with Crippen molar-refractivity contribution in [1.29, 1.82) is 0 Å². The quantitative estimate of drug-likeness (QED) is 0.890. The molecule has 0 saturated carbocycles. The van der Waals surface area contributed by atoms with Gasteiger partial charge in [0.1, 0.15) is 0 Å². The van der Waals surface area contributed by atoms with E-state index in [0.29, 0.717) is 11.6 Å². The van der Waals surface area contributed by atoms with Gasteiger partial charge in [0.2, 0.25) is 0 Å². The first kappa shape index (κ1) is 12.8. The molecule has 5 heteroatoms. The van der Waals surface area contributed by atoms with Gasteiger partial charge in [-0.15, -0.1) is 0 Å². The second kappa shape index (κ2) is 4.57. The van der Waals surface area contributed by atoms with Crippen molar-refractivity contribution < 1.29 is 9.90 Å². The molecule has 3 N–H and O–H groups in total. The second-order valence-corrected chi connectivity index (χ2v) is 6.11. The molecule has 1 aromatic heterocycles. The number of fused-ring (bicyclic) bond motifs is 1. The van der Waals surface area contributed by atoms with E-state index in [9.17, 15) is 4.79 Å². The lowest BCUT2D eigenvalue weighted by molar-refractivity contribution is -0.147. The van der Waals surface area contributed by atoms with Crippen molar-refractivity contribution in [2.24, 2.45) is 5.41 Å². The molecule has 0 atom stereocenters. The van der Waals surface area contributed by atoms with Gasteiger partial charge in [0.05, 0.1) is 15.6 Å². The molecule has 0 unspecified atom stereocenters. The number of hydrogen-bond acceptors (Lipinski definition) is 4. The van der Waals surface area contributed by atoms with Gasteiger partial charge in [-0.25, -0.2) is 4.98 Å². The van der Waals surface area contributed by atoms with Gasteiger partial charge >= 0.3 is 5.97 Å². The number of carboxylic acids is 1. The van der Waals surface area contributed by atoms with Crippen LogP contribution in [0.25, 0.3) is 10.2 Å². The highest BCUT2D eigenvalue weighted by atomic mass is 32.1. The molecule has 1 heterocycles. The van der Waals surface area contributed by atoms with Crippen LogP contribution in [0.15, 0.2) is 18.2 Å². The molecule has 18 heavy (non-hydrogen) atoms. The number of carboxylic acid groups (broad SMARTS) is 1. The Morgan fingerprint density at radius 1 is 1.50 bits per heavy atom. The molecule has 2 aromatic rings. The van der Waals surface area contributed by atoms with E-state index in [4.69, 9.17) is 10.8 Å².